The molecule has 0 aliphatic carbocycles. The summed E-state index contributed by atoms with van der Waals surface area (Å²) in [5.41, 5.74) is -0.112. The molecule has 0 fully saturated rings. The summed E-state index contributed by atoms with van der Waals surface area (Å²) in [4.78, 5) is 12.3. The number of rotatable bonds is 6. The van der Waals surface area contributed by atoms with E-state index in [1.807, 2.05) is 6.92 Å². The summed E-state index contributed by atoms with van der Waals surface area (Å²) >= 11 is 0. The highest BCUT2D eigenvalue weighted by atomic mass is 19.4. The summed E-state index contributed by atoms with van der Waals surface area (Å²) in [6, 6.07) is 6.83. The number of amides is 1. The normalized spacial score (nSPS) is 20.2. The number of nitrogens with zero attached hydrogens (tertiary/aromatic N) is 1. The van der Waals surface area contributed by atoms with E-state index in [0.717, 1.165) is 12.0 Å². The number of hydrazine groups is 1. The number of carbonyl (C=O) groups is 1. The van der Waals surface area contributed by atoms with Crippen molar-refractivity contribution in [3.8, 4) is 5.75 Å². The van der Waals surface area contributed by atoms with Crippen molar-refractivity contribution in [2.75, 3.05) is 6.61 Å². The Kier molecular flexibility index (Phi) is 5.62. The van der Waals surface area contributed by atoms with E-state index in [-0.39, 0.29) is 10.7 Å². The first-order valence-corrected chi connectivity index (χ1v) is 7.98. The van der Waals surface area contributed by atoms with Gasteiger partial charge in [0.1, 0.15) is 5.75 Å². The number of aryl methyl sites for hydroxylation is 1. The molecule has 1 aromatic rings. The van der Waals surface area contributed by atoms with Crippen molar-refractivity contribution in [1.29, 1.82) is 0 Å². The van der Waals surface area contributed by atoms with Gasteiger partial charge in [-0.2, -0.15) is 13.2 Å². The van der Waals surface area contributed by atoms with Crippen LogP contribution in [-0.2, 0) is 4.79 Å². The number of aliphatic hydroxyl groups is 1. The van der Waals surface area contributed by atoms with Crippen molar-refractivity contribution >= 4 is 5.91 Å². The molecule has 0 aromatic heterocycles. The lowest BCUT2D eigenvalue weighted by atomic mass is 10.1. The zero-order chi connectivity index (χ0) is 18.7. The molecule has 2 rings (SSSR count). The van der Waals surface area contributed by atoms with Crippen LogP contribution in [0.1, 0.15) is 31.7 Å². The maximum absolute atomic E-state index is 13.3. The number of nitrogens with one attached hydrogen (secondary N) is 1. The van der Waals surface area contributed by atoms with E-state index in [1.165, 1.54) is 0 Å². The van der Waals surface area contributed by atoms with E-state index in [4.69, 9.17) is 4.74 Å². The van der Waals surface area contributed by atoms with Crippen LogP contribution in [0.3, 0.4) is 0 Å². The number of ether oxygens (including phenoxy) is 1. The molecule has 1 amide bonds. The Balaban J connectivity index is 2.13. The van der Waals surface area contributed by atoms with Crippen LogP contribution in [0.15, 0.2) is 36.0 Å². The van der Waals surface area contributed by atoms with Crippen molar-refractivity contribution in [2.45, 2.75) is 45.0 Å². The predicted molar refractivity (Wildman–Crippen MR) is 85.3 cm³/mol. The molecule has 1 aromatic carbocycles. The van der Waals surface area contributed by atoms with Crippen molar-refractivity contribution in [1.82, 2.24) is 10.4 Å². The fourth-order valence-corrected chi connectivity index (χ4v) is 2.45. The van der Waals surface area contributed by atoms with Gasteiger partial charge in [-0.1, -0.05) is 31.5 Å². The molecule has 0 saturated heterocycles. The Morgan fingerprint density at radius 3 is 2.64 bits per heavy atom. The van der Waals surface area contributed by atoms with Gasteiger partial charge < -0.3 is 9.84 Å². The van der Waals surface area contributed by atoms with Crippen molar-refractivity contribution in [3.63, 3.8) is 0 Å². The maximum atomic E-state index is 13.3. The van der Waals surface area contributed by atoms with E-state index in [0.29, 0.717) is 24.7 Å². The van der Waals surface area contributed by atoms with E-state index in [1.54, 1.807) is 31.2 Å². The number of hydrogen-bond donors (Lipinski definition) is 2. The highest BCUT2D eigenvalue weighted by Gasteiger charge is 2.61. The van der Waals surface area contributed by atoms with Gasteiger partial charge in [-0.3, -0.25) is 10.2 Å². The number of benzene rings is 1. The number of alkyl halides is 3. The predicted octanol–water partition coefficient (Wildman–Crippen LogP) is 3.05. The Morgan fingerprint density at radius 2 is 2.04 bits per heavy atom. The van der Waals surface area contributed by atoms with Gasteiger partial charge in [-0.25, -0.2) is 5.01 Å². The van der Waals surface area contributed by atoms with Crippen LogP contribution in [0.4, 0.5) is 13.2 Å². The number of carbonyl (C=O) groups excluding carboxylic acids is 1. The largest absolute Gasteiger partial charge is 0.483 e. The van der Waals surface area contributed by atoms with E-state index < -0.39 is 24.4 Å². The van der Waals surface area contributed by atoms with Crippen LogP contribution in [-0.4, -0.2) is 34.5 Å². The molecule has 25 heavy (non-hydrogen) atoms. The summed E-state index contributed by atoms with van der Waals surface area (Å²) in [5, 5.41) is 10.3. The first-order valence-electron chi connectivity index (χ1n) is 7.98. The van der Waals surface area contributed by atoms with Crippen molar-refractivity contribution in [2.24, 2.45) is 0 Å². The van der Waals surface area contributed by atoms with Crippen molar-refractivity contribution in [3.05, 3.63) is 41.6 Å². The van der Waals surface area contributed by atoms with Gasteiger partial charge in [-0.05, 0) is 37.5 Å². The Hall–Kier alpha value is -2.22. The Bertz CT molecular complexity index is 661. The molecule has 2 N–H and O–H groups in total. The Labute approximate surface area is 144 Å². The molecular formula is C17H21F3N2O3. The lowest BCUT2D eigenvalue weighted by Crippen LogP contribution is -2.61. The summed E-state index contributed by atoms with van der Waals surface area (Å²) in [6.45, 7) is 3.01. The quantitative estimate of drug-likeness (QED) is 0.821. The standard InChI is InChI=1S/C17H21F3N2O3/c1-3-4-8-13-10-16(24,17(18,19)20)22(21-13)15(23)11-25-14-9-6-5-7-12(14)2/h5-7,9-10,21,24H,3-4,8,11H2,1-2H3/t16-/m1/s1. The van der Waals surface area contributed by atoms with Crippen LogP contribution in [0.2, 0.25) is 0 Å². The van der Waals surface area contributed by atoms with E-state index in [9.17, 15) is 23.1 Å². The van der Waals surface area contributed by atoms with Crippen LogP contribution in [0.5, 0.6) is 5.75 Å². The number of halogens is 3. The molecule has 1 heterocycles. The van der Waals surface area contributed by atoms with Crippen molar-refractivity contribution < 1.29 is 27.8 Å². The number of allylic oxidation sites excluding steroid dienone is 1. The first-order chi connectivity index (χ1) is 11.7. The monoisotopic (exact) mass is 358 g/mol. The smallest absolute Gasteiger partial charge is 0.442 e. The molecular weight excluding hydrogens is 337 g/mol. The van der Waals surface area contributed by atoms with Gasteiger partial charge in [0, 0.05) is 5.70 Å². The number of unbranched alkanes of at least 4 members (excludes halogenated alkanes) is 1. The Morgan fingerprint density at radius 1 is 1.36 bits per heavy atom. The second kappa shape index (κ2) is 7.35. The van der Waals surface area contributed by atoms with Gasteiger partial charge in [0.2, 0.25) is 0 Å². The molecule has 1 atom stereocenters. The van der Waals surface area contributed by atoms with Gasteiger partial charge in [0.05, 0.1) is 0 Å². The lowest BCUT2D eigenvalue weighted by Gasteiger charge is -2.33. The molecule has 5 nitrogen and oxygen atoms in total. The molecule has 0 bridgehead atoms. The van der Waals surface area contributed by atoms with Gasteiger partial charge in [-0.15, -0.1) is 0 Å². The zero-order valence-electron chi connectivity index (χ0n) is 14.1. The van der Waals surface area contributed by atoms with Gasteiger partial charge in [0.15, 0.2) is 6.61 Å². The SMILES string of the molecule is CCCCC1=C[C@@](O)(C(F)(F)F)N(C(=O)COc2ccccc2C)N1. The fourth-order valence-electron chi connectivity index (χ4n) is 2.45. The second-order valence-corrected chi connectivity index (χ2v) is 5.89. The summed E-state index contributed by atoms with van der Waals surface area (Å²) in [6.07, 6.45) is -2.68. The third kappa shape index (κ3) is 4.07. The van der Waals surface area contributed by atoms with Crippen LogP contribution in [0.25, 0.3) is 0 Å². The molecule has 0 radical (unpaired) electrons. The minimum Gasteiger partial charge on any atom is -0.483 e. The summed E-state index contributed by atoms with van der Waals surface area (Å²) < 4.78 is 45.2. The molecule has 0 saturated carbocycles. The number of hydrogen-bond acceptors (Lipinski definition) is 4. The van der Waals surface area contributed by atoms with E-state index in [2.05, 4.69) is 5.43 Å². The van der Waals surface area contributed by atoms with Gasteiger partial charge >= 0.3 is 6.18 Å². The zero-order valence-corrected chi connectivity index (χ0v) is 14.1. The van der Waals surface area contributed by atoms with Crippen LogP contribution < -0.4 is 10.2 Å². The third-order valence-electron chi connectivity index (χ3n) is 3.88. The van der Waals surface area contributed by atoms with E-state index >= 15 is 0 Å². The minimum atomic E-state index is -5.04. The maximum Gasteiger partial charge on any atom is 0.442 e. The summed E-state index contributed by atoms with van der Waals surface area (Å²) in [7, 11) is 0. The van der Waals surface area contributed by atoms with Crippen LogP contribution >= 0.6 is 0 Å². The van der Waals surface area contributed by atoms with Gasteiger partial charge in [0.25, 0.3) is 11.6 Å². The third-order valence-corrected chi connectivity index (χ3v) is 3.88. The first kappa shape index (κ1) is 19.1. The summed E-state index contributed by atoms with van der Waals surface area (Å²) in [5.74, 6) is -0.629. The molecule has 0 unspecified atom stereocenters. The number of para-hydroxylation sites is 1. The molecule has 1 aliphatic rings. The highest BCUT2D eigenvalue weighted by Crippen LogP contribution is 2.38. The fraction of sp³-hybridized carbons (Fsp3) is 0.471. The molecule has 1 aliphatic heterocycles. The lowest BCUT2D eigenvalue weighted by molar-refractivity contribution is -0.289. The molecule has 138 valence electrons. The second-order valence-electron chi connectivity index (χ2n) is 5.89. The van der Waals surface area contributed by atoms with Crippen LogP contribution in [0, 0.1) is 6.92 Å². The molecule has 8 heteroatoms. The average Bonchev–Trinajstić information content (AvgIpc) is 2.90. The highest BCUT2D eigenvalue weighted by molar-refractivity contribution is 5.79. The molecule has 0 spiro atoms. The average molecular weight is 358 g/mol. The minimum absolute atomic E-state index is 0.158. The topological polar surface area (TPSA) is 61.8 Å².